The van der Waals surface area contributed by atoms with Crippen LogP contribution in [0.3, 0.4) is 0 Å². The highest BCUT2D eigenvalue weighted by molar-refractivity contribution is 7.28. The summed E-state index contributed by atoms with van der Waals surface area (Å²) in [5.41, 5.74) is 7.53. The van der Waals surface area contributed by atoms with Crippen LogP contribution in [0.1, 0.15) is 6.92 Å². The summed E-state index contributed by atoms with van der Waals surface area (Å²) < 4.78 is 10.8. The maximum atomic E-state index is 3.36. The third-order valence-corrected chi connectivity index (χ3v) is 15.2. The minimum absolute atomic E-state index is 1.25. The molecule has 0 spiro atoms. The molecule has 12 aromatic rings. The quantitative estimate of drug-likeness (QED) is 0.157. The lowest BCUT2D eigenvalue weighted by atomic mass is 9.89. The summed E-state index contributed by atoms with van der Waals surface area (Å²) in [5.74, 6) is 0. The first-order valence-electron chi connectivity index (χ1n) is 18.5. The normalized spacial score (nSPS) is 11.8. The Morgan fingerprint density at radius 3 is 1.00 bits per heavy atom. The third kappa shape index (κ3) is 5.28. The smallest absolute Gasteiger partial charge is 0.0362 e. The van der Waals surface area contributed by atoms with Crippen molar-refractivity contribution in [3.8, 4) is 33.4 Å². The van der Waals surface area contributed by atoms with E-state index >= 15 is 0 Å². The lowest BCUT2D eigenvalue weighted by molar-refractivity contribution is 1.58. The third-order valence-electron chi connectivity index (χ3n) is 10.7. The minimum Gasteiger partial charge on any atom is -0.135 e. The summed E-state index contributed by atoms with van der Waals surface area (Å²) in [6.45, 7) is 5.25. The van der Waals surface area contributed by atoms with Crippen molar-refractivity contribution in [2.24, 2.45) is 0 Å². The molecule has 0 fully saturated rings. The van der Waals surface area contributed by atoms with E-state index in [4.69, 9.17) is 0 Å². The van der Waals surface area contributed by atoms with Gasteiger partial charge in [0.2, 0.25) is 0 Å². The Balaban J connectivity index is 0.00000114. The molecule has 0 aliphatic carbocycles. The fourth-order valence-electron chi connectivity index (χ4n) is 8.26. The van der Waals surface area contributed by atoms with Gasteiger partial charge in [-0.15, -0.1) is 51.9 Å². The summed E-state index contributed by atoms with van der Waals surface area (Å²) >= 11 is 7.60. The van der Waals surface area contributed by atoms with Gasteiger partial charge in [0.1, 0.15) is 0 Å². The molecule has 0 nitrogen and oxygen atoms in total. The lowest BCUT2D eigenvalue weighted by Gasteiger charge is -2.15. The molecule has 0 atom stereocenters. The van der Waals surface area contributed by atoms with Crippen molar-refractivity contribution >= 4 is 126 Å². The van der Waals surface area contributed by atoms with Gasteiger partial charge < -0.3 is 0 Å². The number of benzene rings is 8. The maximum absolute atomic E-state index is 3.36. The number of hydrogen-bond donors (Lipinski definition) is 0. The SMILES string of the molecule is C=CC.c1ccc(-c2ccccc2-c2ccc3sc4cc5c(cc4c3c2)sc2ccccc25)c(-c2ccc3sc4cc5c(cc4c3c2)sc2ccccc25)c1. The van der Waals surface area contributed by atoms with Crippen molar-refractivity contribution < 1.29 is 0 Å². The van der Waals surface area contributed by atoms with Gasteiger partial charge in [0, 0.05) is 80.7 Å². The number of rotatable bonds is 3. The van der Waals surface area contributed by atoms with Gasteiger partial charge >= 0.3 is 0 Å². The minimum atomic E-state index is 1.25. The van der Waals surface area contributed by atoms with Gasteiger partial charge in [0.25, 0.3) is 0 Å². The highest BCUT2D eigenvalue weighted by Crippen LogP contribution is 2.46. The molecule has 0 aliphatic heterocycles. The predicted octanol–water partition coefficient (Wildman–Crippen LogP) is 17.4. The van der Waals surface area contributed by atoms with Gasteiger partial charge in [0.15, 0.2) is 0 Å². The van der Waals surface area contributed by atoms with E-state index in [1.54, 1.807) is 6.08 Å². The van der Waals surface area contributed by atoms with E-state index in [1.165, 1.54) is 114 Å². The molecule has 0 saturated carbocycles. The van der Waals surface area contributed by atoms with Crippen LogP contribution < -0.4 is 0 Å². The van der Waals surface area contributed by atoms with Crippen LogP contribution in [0.2, 0.25) is 0 Å². The van der Waals surface area contributed by atoms with Gasteiger partial charge in [-0.05, 0) is 101 Å². The Kier molecular flexibility index (Phi) is 7.75. The van der Waals surface area contributed by atoms with Gasteiger partial charge in [-0.2, -0.15) is 0 Å². The molecule has 0 radical (unpaired) electrons. The predicted molar refractivity (Wildman–Crippen MR) is 250 cm³/mol. The molecule has 0 aliphatic rings. The molecule has 0 saturated heterocycles. The average molecular weight is 773 g/mol. The van der Waals surface area contributed by atoms with Crippen molar-refractivity contribution in [1.82, 2.24) is 0 Å². The first-order valence-corrected chi connectivity index (χ1v) is 21.7. The average Bonchev–Trinajstić information content (AvgIpc) is 3.98. The molecule has 12 rings (SSSR count). The van der Waals surface area contributed by atoms with E-state index < -0.39 is 0 Å². The van der Waals surface area contributed by atoms with E-state index in [0.29, 0.717) is 0 Å². The highest BCUT2D eigenvalue weighted by Gasteiger charge is 2.17. The molecule has 0 amide bonds. The van der Waals surface area contributed by atoms with E-state index in [-0.39, 0.29) is 0 Å². The summed E-state index contributed by atoms with van der Waals surface area (Å²) in [7, 11) is 0. The maximum Gasteiger partial charge on any atom is 0.0362 e. The number of hydrogen-bond acceptors (Lipinski definition) is 4. The van der Waals surface area contributed by atoms with Crippen molar-refractivity contribution in [2.75, 3.05) is 0 Å². The molecular formula is C51H32S4. The second-order valence-corrected chi connectivity index (χ2v) is 18.3. The monoisotopic (exact) mass is 772 g/mol. The molecule has 0 N–H and O–H groups in total. The molecule has 4 heteroatoms. The number of allylic oxidation sites excluding steroid dienone is 1. The molecular weight excluding hydrogens is 741 g/mol. The van der Waals surface area contributed by atoms with Crippen molar-refractivity contribution in [3.63, 3.8) is 0 Å². The zero-order chi connectivity index (χ0) is 36.6. The zero-order valence-corrected chi connectivity index (χ0v) is 33.2. The fourth-order valence-corrected chi connectivity index (χ4v) is 12.7. The van der Waals surface area contributed by atoms with Gasteiger partial charge in [-0.1, -0.05) is 103 Å². The van der Waals surface area contributed by atoms with Crippen LogP contribution in [-0.4, -0.2) is 0 Å². The summed E-state index contributed by atoms with van der Waals surface area (Å²) in [6, 6.07) is 59.3. The van der Waals surface area contributed by atoms with Gasteiger partial charge in [-0.3, -0.25) is 0 Å². The van der Waals surface area contributed by atoms with Crippen LogP contribution in [-0.2, 0) is 0 Å². The fraction of sp³-hybridized carbons (Fsp3) is 0.0196. The second kappa shape index (κ2) is 13.0. The lowest BCUT2D eigenvalue weighted by Crippen LogP contribution is -1.89. The van der Waals surface area contributed by atoms with Crippen molar-refractivity contribution in [2.45, 2.75) is 6.92 Å². The van der Waals surface area contributed by atoms with Crippen LogP contribution in [0.4, 0.5) is 0 Å². The first kappa shape index (κ1) is 32.8. The molecule has 55 heavy (non-hydrogen) atoms. The Hall–Kier alpha value is -5.62. The summed E-state index contributed by atoms with van der Waals surface area (Å²) in [4.78, 5) is 0. The Bertz CT molecular complexity index is 3240. The molecule has 0 bridgehead atoms. The van der Waals surface area contributed by atoms with Gasteiger partial charge in [-0.25, -0.2) is 0 Å². The molecule has 260 valence electrons. The van der Waals surface area contributed by atoms with Crippen LogP contribution in [0.25, 0.3) is 114 Å². The first-order chi connectivity index (χ1) is 27.1. The molecule has 8 aromatic carbocycles. The summed E-state index contributed by atoms with van der Waals surface area (Å²) in [6.07, 6.45) is 1.75. The Labute approximate surface area is 334 Å². The molecule has 4 aromatic heterocycles. The van der Waals surface area contributed by atoms with Crippen LogP contribution in [0, 0.1) is 0 Å². The van der Waals surface area contributed by atoms with Crippen LogP contribution >= 0.6 is 45.3 Å². The van der Waals surface area contributed by atoms with E-state index in [1.807, 2.05) is 52.3 Å². The Morgan fingerprint density at radius 1 is 0.309 bits per heavy atom. The molecule has 0 unspecified atom stereocenters. The highest BCUT2D eigenvalue weighted by atomic mass is 32.1. The van der Waals surface area contributed by atoms with Crippen molar-refractivity contribution in [3.05, 3.63) is 170 Å². The Morgan fingerprint density at radius 2 is 0.600 bits per heavy atom. The van der Waals surface area contributed by atoms with Crippen LogP contribution in [0.15, 0.2) is 170 Å². The van der Waals surface area contributed by atoms with Crippen molar-refractivity contribution in [1.29, 1.82) is 0 Å². The summed E-state index contributed by atoms with van der Waals surface area (Å²) in [5, 5.41) is 10.8. The van der Waals surface area contributed by atoms with E-state index in [2.05, 4.69) is 164 Å². The molecule has 4 heterocycles. The van der Waals surface area contributed by atoms with Gasteiger partial charge in [0.05, 0.1) is 0 Å². The number of fused-ring (bicyclic) bond motifs is 12. The zero-order valence-electron chi connectivity index (χ0n) is 29.9. The van der Waals surface area contributed by atoms with E-state index in [9.17, 15) is 0 Å². The standard InChI is InChI=1S/C48H26S4.C3H6/c1-3-11-31(29(9-1)27-17-19-43-35(21-27)39-25-45-37(23-47(39)51-43)33-13-5-7-15-41(33)49-45)32-12-4-2-10-30(32)28-18-20-44-36(22-28)40-26-46-38(24-48(40)52-44)34-14-6-8-16-42(34)50-46;1-3-2/h1-26H;3H,1H2,2H3. The topological polar surface area (TPSA) is 0 Å². The largest absolute Gasteiger partial charge is 0.135 e. The van der Waals surface area contributed by atoms with Crippen LogP contribution in [0.5, 0.6) is 0 Å². The number of thiophene rings is 4. The second-order valence-electron chi connectivity index (χ2n) is 14.0. The van der Waals surface area contributed by atoms with E-state index in [0.717, 1.165) is 0 Å².